The van der Waals surface area contributed by atoms with Gasteiger partial charge in [-0.15, -0.1) is 0 Å². The number of carbonyl (C=O) groups is 1. The lowest BCUT2D eigenvalue weighted by atomic mass is 9.99. The van der Waals surface area contributed by atoms with Crippen LogP contribution in [0.1, 0.15) is 38.2 Å². The molecule has 0 spiro atoms. The van der Waals surface area contributed by atoms with Gasteiger partial charge in [0.2, 0.25) is 5.91 Å². The third kappa shape index (κ3) is 5.29. The summed E-state index contributed by atoms with van der Waals surface area (Å²) in [7, 11) is -3.52. The summed E-state index contributed by atoms with van der Waals surface area (Å²) >= 11 is 0. The zero-order chi connectivity index (χ0) is 19.3. The Balaban J connectivity index is 1.37. The molecule has 0 radical (unpaired) electrons. The maximum absolute atomic E-state index is 12.0. The molecular weight excluding hydrogens is 364 g/mol. The van der Waals surface area contributed by atoms with Gasteiger partial charge in [-0.1, -0.05) is 19.1 Å². The predicted molar refractivity (Wildman–Crippen MR) is 105 cm³/mol. The van der Waals surface area contributed by atoms with Gasteiger partial charge in [-0.3, -0.25) is 14.5 Å². The van der Waals surface area contributed by atoms with Crippen molar-refractivity contribution < 1.29 is 13.2 Å². The maximum atomic E-state index is 12.0. The molecule has 2 aliphatic rings. The number of rotatable bonds is 7. The summed E-state index contributed by atoms with van der Waals surface area (Å²) in [6, 6.07) is 6.72. The first-order valence-corrected chi connectivity index (χ1v) is 11.1. The Kier molecular flexibility index (Phi) is 6.49. The van der Waals surface area contributed by atoms with E-state index >= 15 is 0 Å². The van der Waals surface area contributed by atoms with Crippen molar-refractivity contribution in [1.82, 2.24) is 14.9 Å². The summed E-state index contributed by atoms with van der Waals surface area (Å²) in [6.07, 6.45) is 3.72. The normalized spacial score (nSPS) is 21.0. The molecule has 1 aromatic rings. The van der Waals surface area contributed by atoms with Crippen molar-refractivity contribution >= 4 is 21.8 Å². The Hall–Kier alpha value is -1.93. The minimum atomic E-state index is -3.52. The van der Waals surface area contributed by atoms with Gasteiger partial charge in [0.15, 0.2) is 0 Å². The van der Waals surface area contributed by atoms with E-state index in [0.29, 0.717) is 17.9 Å². The van der Waals surface area contributed by atoms with Crippen LogP contribution in [0.4, 0.5) is 0 Å². The molecule has 148 valence electrons. The number of sulfonamides is 1. The highest BCUT2D eigenvalue weighted by Gasteiger charge is 2.29. The number of nitrogens with one attached hydrogen (secondary N) is 2. The lowest BCUT2D eigenvalue weighted by Gasteiger charge is -2.30. The molecule has 7 nitrogen and oxygen atoms in total. The van der Waals surface area contributed by atoms with Crippen LogP contribution in [0.2, 0.25) is 0 Å². The third-order valence-corrected chi connectivity index (χ3v) is 6.52. The van der Waals surface area contributed by atoms with Crippen LogP contribution in [0.15, 0.2) is 34.2 Å². The van der Waals surface area contributed by atoms with Gasteiger partial charge < -0.3 is 10.2 Å². The molecule has 0 unspecified atom stereocenters. The smallest absolute Gasteiger partial charge is 0.263 e. The maximum Gasteiger partial charge on any atom is 0.263 e. The Labute approximate surface area is 161 Å². The number of likely N-dealkylation sites (tertiary alicyclic amines) is 1. The zero-order valence-corrected chi connectivity index (χ0v) is 16.6. The third-order valence-electron chi connectivity index (χ3n) is 5.12. The average molecular weight is 393 g/mol. The van der Waals surface area contributed by atoms with Crippen molar-refractivity contribution in [3.05, 3.63) is 29.8 Å². The van der Waals surface area contributed by atoms with Crippen LogP contribution >= 0.6 is 0 Å². The van der Waals surface area contributed by atoms with Crippen LogP contribution in [-0.4, -0.2) is 57.8 Å². The SMILES string of the molecule is CC1CCN(CCCNC(=O)CCN=C2NS(=O)(=O)c3ccccc32)CC1. The number of piperidine rings is 1. The van der Waals surface area contributed by atoms with E-state index in [9.17, 15) is 13.2 Å². The molecule has 2 heterocycles. The van der Waals surface area contributed by atoms with Gasteiger partial charge >= 0.3 is 0 Å². The van der Waals surface area contributed by atoms with E-state index in [4.69, 9.17) is 0 Å². The number of hydrogen-bond acceptors (Lipinski definition) is 5. The fourth-order valence-corrected chi connectivity index (χ4v) is 4.68. The minimum absolute atomic E-state index is 0.0549. The number of carbonyl (C=O) groups excluding carboxylic acids is 1. The summed E-state index contributed by atoms with van der Waals surface area (Å²) in [4.78, 5) is 18.9. The number of amidine groups is 1. The molecule has 2 N–H and O–H groups in total. The van der Waals surface area contributed by atoms with Gasteiger partial charge in [-0.05, 0) is 56.9 Å². The van der Waals surface area contributed by atoms with Crippen LogP contribution in [0.3, 0.4) is 0 Å². The Morgan fingerprint density at radius 1 is 1.30 bits per heavy atom. The average Bonchev–Trinajstić information content (AvgIpc) is 2.91. The van der Waals surface area contributed by atoms with Gasteiger partial charge in [-0.25, -0.2) is 8.42 Å². The van der Waals surface area contributed by atoms with Crippen molar-refractivity contribution in [3.8, 4) is 0 Å². The topological polar surface area (TPSA) is 90.9 Å². The predicted octanol–water partition coefficient (Wildman–Crippen LogP) is 1.35. The van der Waals surface area contributed by atoms with Crippen molar-refractivity contribution in [2.75, 3.05) is 32.7 Å². The number of benzene rings is 1. The van der Waals surface area contributed by atoms with Gasteiger partial charge in [0.05, 0.1) is 11.4 Å². The number of fused-ring (bicyclic) bond motifs is 1. The zero-order valence-electron chi connectivity index (χ0n) is 15.8. The molecule has 0 saturated carbocycles. The molecule has 0 atom stereocenters. The van der Waals surface area contributed by atoms with Crippen LogP contribution in [0.5, 0.6) is 0 Å². The van der Waals surface area contributed by atoms with E-state index in [0.717, 1.165) is 32.0 Å². The largest absolute Gasteiger partial charge is 0.356 e. The monoisotopic (exact) mass is 392 g/mol. The molecule has 1 amide bonds. The summed E-state index contributed by atoms with van der Waals surface area (Å²) in [5.41, 5.74) is 0.564. The molecule has 0 aliphatic carbocycles. The van der Waals surface area contributed by atoms with Crippen molar-refractivity contribution in [2.24, 2.45) is 10.9 Å². The summed E-state index contributed by atoms with van der Waals surface area (Å²) in [5, 5.41) is 2.92. The van der Waals surface area contributed by atoms with Crippen LogP contribution < -0.4 is 10.0 Å². The van der Waals surface area contributed by atoms with Crippen molar-refractivity contribution in [3.63, 3.8) is 0 Å². The molecule has 0 aromatic heterocycles. The highest BCUT2D eigenvalue weighted by Crippen LogP contribution is 2.22. The summed E-state index contributed by atoms with van der Waals surface area (Å²) < 4.78 is 26.5. The van der Waals surface area contributed by atoms with Crippen LogP contribution in [-0.2, 0) is 14.8 Å². The molecule has 1 fully saturated rings. The first-order valence-electron chi connectivity index (χ1n) is 9.61. The fraction of sp³-hybridized carbons (Fsp3) is 0.579. The number of aliphatic imine (C=N–C) groups is 1. The summed E-state index contributed by atoms with van der Waals surface area (Å²) in [5.74, 6) is 1.09. The van der Waals surface area contributed by atoms with E-state index in [1.165, 1.54) is 12.8 Å². The van der Waals surface area contributed by atoms with Crippen molar-refractivity contribution in [2.45, 2.75) is 37.5 Å². The second-order valence-corrected chi connectivity index (χ2v) is 8.96. The van der Waals surface area contributed by atoms with E-state index < -0.39 is 10.0 Å². The van der Waals surface area contributed by atoms with E-state index in [1.54, 1.807) is 24.3 Å². The van der Waals surface area contributed by atoms with Gasteiger partial charge in [-0.2, -0.15) is 0 Å². The number of nitrogens with zero attached hydrogens (tertiary/aromatic N) is 2. The van der Waals surface area contributed by atoms with Crippen LogP contribution in [0.25, 0.3) is 0 Å². The standard InChI is InChI=1S/C19H28N4O3S/c1-15-8-13-23(14-9-15)12-4-10-20-18(24)7-11-21-19-16-5-2-3-6-17(16)27(25,26)22-19/h2-3,5-6,15H,4,7-14H2,1H3,(H,20,24)(H,21,22). The molecule has 27 heavy (non-hydrogen) atoms. The Morgan fingerprint density at radius 2 is 2.04 bits per heavy atom. The van der Waals surface area contributed by atoms with Gasteiger partial charge in [0.1, 0.15) is 5.84 Å². The molecule has 8 heteroatoms. The lowest BCUT2D eigenvalue weighted by molar-refractivity contribution is -0.120. The number of hydrogen-bond donors (Lipinski definition) is 2. The quantitative estimate of drug-likeness (QED) is 0.686. The molecular formula is C19H28N4O3S. The van der Waals surface area contributed by atoms with E-state index in [-0.39, 0.29) is 23.8 Å². The molecule has 1 aromatic carbocycles. The number of amides is 1. The molecule has 3 rings (SSSR count). The fourth-order valence-electron chi connectivity index (χ4n) is 3.43. The minimum Gasteiger partial charge on any atom is -0.356 e. The van der Waals surface area contributed by atoms with Gasteiger partial charge in [0, 0.05) is 18.5 Å². The highest BCUT2D eigenvalue weighted by atomic mass is 32.2. The second kappa shape index (κ2) is 8.84. The first kappa shape index (κ1) is 19.8. The Morgan fingerprint density at radius 3 is 2.81 bits per heavy atom. The molecule has 0 bridgehead atoms. The molecule has 2 aliphatic heterocycles. The van der Waals surface area contributed by atoms with E-state index in [1.807, 2.05) is 0 Å². The Bertz CT molecular complexity index is 799. The summed E-state index contributed by atoms with van der Waals surface area (Å²) in [6.45, 7) is 6.55. The van der Waals surface area contributed by atoms with E-state index in [2.05, 4.69) is 26.9 Å². The van der Waals surface area contributed by atoms with Crippen molar-refractivity contribution in [1.29, 1.82) is 0 Å². The van der Waals surface area contributed by atoms with Gasteiger partial charge in [0.25, 0.3) is 10.0 Å². The molecule has 1 saturated heterocycles. The lowest BCUT2D eigenvalue weighted by Crippen LogP contribution is -2.35. The first-order chi connectivity index (χ1) is 13.0. The van der Waals surface area contributed by atoms with Crippen LogP contribution in [0, 0.1) is 5.92 Å². The highest BCUT2D eigenvalue weighted by molar-refractivity contribution is 7.90. The second-order valence-electron chi connectivity index (χ2n) is 7.31.